The molecule has 0 aromatic heterocycles. The van der Waals surface area contributed by atoms with Crippen molar-refractivity contribution in [2.75, 3.05) is 0 Å². The maximum atomic E-state index is 8.56. The Hall–Kier alpha value is -2.03. The molecule has 2 N–H and O–H groups in total. The number of fused-ring (bicyclic) bond motifs is 1. The number of allylic oxidation sites excluding steroid dienone is 1. The average molecular weight is 206 g/mol. The molecule has 0 spiro atoms. The van der Waals surface area contributed by atoms with Gasteiger partial charge in [-0.2, -0.15) is 0 Å². The topological polar surface area (TPSA) is 57.5 Å². The maximum absolute atomic E-state index is 8.56. The lowest BCUT2D eigenvalue weighted by Gasteiger charge is -1.85. The van der Waals surface area contributed by atoms with Crippen molar-refractivity contribution in [2.24, 2.45) is 0 Å². The SMILES string of the molecule is C=C.C=CCc1ccc2cc1-2.O=C(O)O. The Labute approximate surface area is 89.0 Å². The smallest absolute Gasteiger partial charge is 0.450 e. The van der Waals surface area contributed by atoms with Gasteiger partial charge in [0.25, 0.3) is 0 Å². The third-order valence-corrected chi connectivity index (χ3v) is 1.70. The van der Waals surface area contributed by atoms with Crippen LogP contribution in [-0.2, 0) is 6.42 Å². The molecule has 0 fully saturated rings. The summed E-state index contributed by atoms with van der Waals surface area (Å²) in [6.07, 6.45) is 1.13. The summed E-state index contributed by atoms with van der Waals surface area (Å²) < 4.78 is 0. The standard InChI is InChI=1S/C9H8.C2H4.CH2O3/c1-2-3-7-4-5-8-6-9(7)8;1-2;2-1(3)4/h2,4-6H,1,3H2;1-2H2;(H2,2,3,4). The molecule has 0 unspecified atom stereocenters. The molecule has 0 saturated heterocycles. The first-order valence-corrected chi connectivity index (χ1v) is 4.31. The van der Waals surface area contributed by atoms with Crippen LogP contribution < -0.4 is 0 Å². The number of carbonyl (C=O) groups is 1. The lowest BCUT2D eigenvalue weighted by atomic mass is 10.2. The zero-order valence-corrected chi connectivity index (χ0v) is 8.44. The monoisotopic (exact) mass is 206 g/mol. The first-order chi connectivity index (χ1) is 7.15. The normalized spacial score (nSPS) is 8.53. The molecule has 0 atom stereocenters. The van der Waals surface area contributed by atoms with Gasteiger partial charge >= 0.3 is 6.16 Å². The van der Waals surface area contributed by atoms with Gasteiger partial charge in [-0.15, -0.1) is 19.7 Å². The molecule has 0 bridgehead atoms. The summed E-state index contributed by atoms with van der Waals surface area (Å²) in [5.74, 6) is 0. The van der Waals surface area contributed by atoms with Gasteiger partial charge in [-0.3, -0.25) is 0 Å². The van der Waals surface area contributed by atoms with Crippen LogP contribution in [0.5, 0.6) is 0 Å². The van der Waals surface area contributed by atoms with Gasteiger partial charge in [0.15, 0.2) is 0 Å². The molecule has 3 nitrogen and oxygen atoms in total. The van der Waals surface area contributed by atoms with Gasteiger partial charge in [0, 0.05) is 0 Å². The minimum atomic E-state index is -1.83. The van der Waals surface area contributed by atoms with Crippen LogP contribution >= 0.6 is 0 Å². The quantitative estimate of drug-likeness (QED) is 0.740. The van der Waals surface area contributed by atoms with E-state index in [4.69, 9.17) is 15.0 Å². The van der Waals surface area contributed by atoms with Crippen molar-refractivity contribution < 1.29 is 15.0 Å². The average Bonchev–Trinajstić information content (AvgIpc) is 2.87. The second-order valence-electron chi connectivity index (χ2n) is 2.65. The second kappa shape index (κ2) is 6.43. The summed E-state index contributed by atoms with van der Waals surface area (Å²) in [7, 11) is 0. The maximum Gasteiger partial charge on any atom is 0.503 e. The lowest BCUT2D eigenvalue weighted by molar-refractivity contribution is 0.137. The predicted molar refractivity (Wildman–Crippen MR) is 61.2 cm³/mol. The number of hydrogen-bond donors (Lipinski definition) is 2. The van der Waals surface area contributed by atoms with E-state index in [0.29, 0.717) is 0 Å². The third-order valence-electron chi connectivity index (χ3n) is 1.70. The van der Waals surface area contributed by atoms with Gasteiger partial charge in [-0.1, -0.05) is 18.2 Å². The molecule has 0 aromatic carbocycles. The van der Waals surface area contributed by atoms with Crippen LogP contribution in [0.4, 0.5) is 4.79 Å². The van der Waals surface area contributed by atoms with E-state index in [1.807, 2.05) is 6.08 Å². The molecule has 2 aliphatic carbocycles. The highest BCUT2D eigenvalue weighted by atomic mass is 16.6. The fourth-order valence-electron chi connectivity index (χ4n) is 1.15. The highest BCUT2D eigenvalue weighted by Gasteiger charge is 2.14. The van der Waals surface area contributed by atoms with Gasteiger partial charge in [0.2, 0.25) is 0 Å². The van der Waals surface area contributed by atoms with E-state index >= 15 is 0 Å². The van der Waals surface area contributed by atoms with E-state index in [2.05, 4.69) is 37.9 Å². The van der Waals surface area contributed by atoms with E-state index in [0.717, 1.165) is 6.42 Å². The molecular weight excluding hydrogens is 192 g/mol. The van der Waals surface area contributed by atoms with Crippen LogP contribution in [0.3, 0.4) is 0 Å². The summed E-state index contributed by atoms with van der Waals surface area (Å²) in [6.45, 7) is 9.69. The molecule has 0 radical (unpaired) electrons. The van der Waals surface area contributed by atoms with Crippen LogP contribution in [0.25, 0.3) is 11.1 Å². The van der Waals surface area contributed by atoms with Crippen LogP contribution in [0.15, 0.2) is 44.0 Å². The minimum Gasteiger partial charge on any atom is -0.450 e. The van der Waals surface area contributed by atoms with Crippen molar-refractivity contribution in [3.63, 3.8) is 0 Å². The molecule has 80 valence electrons. The molecule has 2 rings (SSSR count). The summed E-state index contributed by atoms with van der Waals surface area (Å²) >= 11 is 0. The van der Waals surface area contributed by atoms with Gasteiger partial charge in [-0.05, 0) is 29.2 Å². The molecule has 0 aliphatic heterocycles. The number of benzene rings is 1. The number of hydrogen-bond acceptors (Lipinski definition) is 1. The molecule has 0 aromatic rings. The zero-order valence-electron chi connectivity index (χ0n) is 8.44. The van der Waals surface area contributed by atoms with Crippen molar-refractivity contribution in [3.8, 4) is 11.1 Å². The van der Waals surface area contributed by atoms with Gasteiger partial charge in [0.05, 0.1) is 0 Å². The van der Waals surface area contributed by atoms with Gasteiger partial charge in [-0.25, -0.2) is 4.79 Å². The number of carboxylic acid groups (broad SMARTS) is 2. The summed E-state index contributed by atoms with van der Waals surface area (Å²) in [6, 6.07) is 6.54. The van der Waals surface area contributed by atoms with E-state index < -0.39 is 6.16 Å². The highest BCUT2D eigenvalue weighted by molar-refractivity contribution is 5.84. The first kappa shape index (κ1) is 13.0. The highest BCUT2D eigenvalue weighted by Crippen LogP contribution is 2.38. The Bertz CT molecular complexity index is 352. The summed E-state index contributed by atoms with van der Waals surface area (Å²) in [5.41, 5.74) is 4.31. The molecule has 0 amide bonds. The molecule has 2 aliphatic rings. The fourth-order valence-corrected chi connectivity index (χ4v) is 1.15. The van der Waals surface area contributed by atoms with Crippen LogP contribution in [0.1, 0.15) is 5.56 Å². The van der Waals surface area contributed by atoms with E-state index in [-0.39, 0.29) is 0 Å². The number of rotatable bonds is 2. The van der Waals surface area contributed by atoms with Crippen LogP contribution in [-0.4, -0.2) is 16.4 Å². The van der Waals surface area contributed by atoms with E-state index in [1.165, 1.54) is 16.7 Å². The third kappa shape index (κ3) is 4.67. The molecule has 0 saturated carbocycles. The van der Waals surface area contributed by atoms with Crippen molar-refractivity contribution in [1.29, 1.82) is 0 Å². The van der Waals surface area contributed by atoms with Gasteiger partial charge < -0.3 is 10.2 Å². The second-order valence-corrected chi connectivity index (χ2v) is 2.65. The largest absolute Gasteiger partial charge is 0.503 e. The Morgan fingerprint density at radius 2 is 1.87 bits per heavy atom. The molecule has 3 heteroatoms. The van der Waals surface area contributed by atoms with Crippen LogP contribution in [0.2, 0.25) is 0 Å². The summed E-state index contributed by atoms with van der Waals surface area (Å²) in [5, 5.41) is 13.9. The molecule has 15 heavy (non-hydrogen) atoms. The predicted octanol–water partition coefficient (Wildman–Crippen LogP) is 3.42. The summed E-state index contributed by atoms with van der Waals surface area (Å²) in [4.78, 5) is 8.56. The van der Waals surface area contributed by atoms with Crippen molar-refractivity contribution in [2.45, 2.75) is 6.42 Å². The van der Waals surface area contributed by atoms with E-state index in [1.54, 1.807) is 0 Å². The lowest BCUT2D eigenvalue weighted by Crippen LogP contribution is -1.81. The Kier molecular flexibility index (Phi) is 5.56. The molecular formula is C12H14O3. The van der Waals surface area contributed by atoms with Crippen molar-refractivity contribution in [3.05, 3.63) is 49.6 Å². The van der Waals surface area contributed by atoms with Crippen LogP contribution in [0, 0.1) is 0 Å². The Morgan fingerprint density at radius 3 is 2.13 bits per heavy atom. The Balaban J connectivity index is 0.000000282. The Morgan fingerprint density at radius 1 is 1.33 bits per heavy atom. The fraction of sp³-hybridized carbons (Fsp3) is 0.0833. The van der Waals surface area contributed by atoms with Crippen molar-refractivity contribution in [1.82, 2.24) is 0 Å². The van der Waals surface area contributed by atoms with Gasteiger partial charge in [0.1, 0.15) is 0 Å². The van der Waals surface area contributed by atoms with E-state index in [9.17, 15) is 0 Å². The first-order valence-electron chi connectivity index (χ1n) is 4.31. The van der Waals surface area contributed by atoms with Crippen molar-refractivity contribution >= 4 is 6.16 Å². The molecule has 0 heterocycles. The zero-order chi connectivity index (χ0) is 11.8. The minimum absolute atomic E-state index is 1.02.